The normalized spacial score (nSPS) is 11.7. The number of pyridine rings is 1. The minimum Gasteiger partial charge on any atom is -0.309 e. The van der Waals surface area contributed by atoms with Gasteiger partial charge < -0.3 is 9.13 Å². The summed E-state index contributed by atoms with van der Waals surface area (Å²) < 4.78 is 9.17. The fourth-order valence-corrected chi connectivity index (χ4v) is 12.7. The van der Waals surface area contributed by atoms with Crippen LogP contribution < -0.4 is 0 Å². The van der Waals surface area contributed by atoms with Gasteiger partial charge in [0.1, 0.15) is 23.8 Å². The van der Waals surface area contributed by atoms with E-state index in [0.29, 0.717) is 28.3 Å². The van der Waals surface area contributed by atoms with Gasteiger partial charge in [0, 0.05) is 60.0 Å². The number of rotatable bonds is 7. The highest BCUT2D eigenvalue weighted by atomic mass is 15.1. The van der Waals surface area contributed by atoms with Gasteiger partial charge in [-0.15, -0.1) is 0 Å². The highest BCUT2D eigenvalue weighted by Crippen LogP contribution is 2.41. The predicted octanol–water partition coefficient (Wildman–Crippen LogP) is 18.2. The van der Waals surface area contributed by atoms with Crippen LogP contribution >= 0.6 is 0 Å². The molecule has 5 aromatic heterocycles. The third kappa shape index (κ3) is 6.75. The van der Waals surface area contributed by atoms with Crippen molar-refractivity contribution in [3.05, 3.63) is 272 Å². The van der Waals surface area contributed by atoms with Crippen molar-refractivity contribution < 1.29 is 0 Å². The second kappa shape index (κ2) is 17.7. The van der Waals surface area contributed by atoms with Crippen molar-refractivity contribution in [3.63, 3.8) is 0 Å². The lowest BCUT2D eigenvalue weighted by Crippen LogP contribution is -2.05. The van der Waals surface area contributed by atoms with Crippen molar-refractivity contribution in [2.75, 3.05) is 0 Å². The lowest BCUT2D eigenvalue weighted by atomic mass is 9.97. The third-order valence-electron chi connectivity index (χ3n) is 16.3. The molecular weight excluding hydrogens is 975 g/mol. The Bertz CT molecular complexity index is 4920. The average Bonchev–Trinajstić information content (AvgIpc) is 4.28. The molecule has 0 saturated heterocycles. The first kappa shape index (κ1) is 45.0. The molecule has 370 valence electrons. The van der Waals surface area contributed by atoms with Crippen LogP contribution in [0.2, 0.25) is 0 Å². The SMILES string of the molecule is N#Cc1cccc(-c2cc(-n3c4ccccc4c4cc(-c5ccc(-n6c7ccccc7c7ccccc76)cc5)ccc43)nc(-n3c4ccccc4c4cc(-c5ccc(-n6c7ccccc7c7ccccc76)cc5)ccc43)c2)c1C#N. The first-order valence-electron chi connectivity index (χ1n) is 26.8. The first-order chi connectivity index (χ1) is 39.6. The Morgan fingerprint density at radius 3 is 0.975 bits per heavy atom. The van der Waals surface area contributed by atoms with Crippen LogP contribution in [0.3, 0.4) is 0 Å². The van der Waals surface area contributed by atoms with Crippen molar-refractivity contribution in [1.29, 1.82) is 10.5 Å². The molecule has 0 unspecified atom stereocenters. The summed E-state index contributed by atoms with van der Waals surface area (Å²) in [4.78, 5) is 5.63. The maximum Gasteiger partial charge on any atom is 0.140 e. The van der Waals surface area contributed by atoms with Crippen LogP contribution in [0.15, 0.2) is 261 Å². The third-order valence-corrected chi connectivity index (χ3v) is 16.3. The van der Waals surface area contributed by atoms with Gasteiger partial charge in [-0.25, -0.2) is 4.98 Å². The molecule has 0 aliphatic carbocycles. The van der Waals surface area contributed by atoms with Crippen LogP contribution in [-0.4, -0.2) is 23.3 Å². The van der Waals surface area contributed by atoms with E-state index in [4.69, 9.17) is 4.98 Å². The van der Waals surface area contributed by atoms with E-state index in [0.717, 1.165) is 82.8 Å². The van der Waals surface area contributed by atoms with Crippen LogP contribution in [0, 0.1) is 22.7 Å². The van der Waals surface area contributed by atoms with Gasteiger partial charge in [-0.3, -0.25) is 9.13 Å². The zero-order valence-electron chi connectivity index (χ0n) is 43.0. The van der Waals surface area contributed by atoms with Crippen LogP contribution in [-0.2, 0) is 0 Å². The van der Waals surface area contributed by atoms with Crippen LogP contribution in [0.25, 0.3) is 144 Å². The number of nitrogens with zero attached hydrogens (tertiary/aromatic N) is 7. The maximum absolute atomic E-state index is 10.7. The van der Waals surface area contributed by atoms with Crippen molar-refractivity contribution in [2.45, 2.75) is 0 Å². The topological polar surface area (TPSA) is 80.2 Å². The number of benzene rings is 11. The molecule has 11 aromatic carbocycles. The summed E-state index contributed by atoms with van der Waals surface area (Å²) in [7, 11) is 0. The van der Waals surface area contributed by atoms with E-state index < -0.39 is 0 Å². The molecule has 16 aromatic rings. The van der Waals surface area contributed by atoms with E-state index >= 15 is 0 Å². The number of para-hydroxylation sites is 6. The summed E-state index contributed by atoms with van der Waals surface area (Å²) in [5, 5.41) is 30.2. The second-order valence-electron chi connectivity index (χ2n) is 20.5. The molecule has 0 amide bonds. The van der Waals surface area contributed by atoms with Crippen molar-refractivity contribution >= 4 is 87.2 Å². The smallest absolute Gasteiger partial charge is 0.140 e. The standard InChI is InChI=1S/C73H43N7/c74-44-50-14-13-21-54(63(50)45-75)51-42-72(79-68-26-11-5-19-59(68)61-40-48(32-38-70(61)79)46-28-34-52(35-29-46)77-64-22-7-1-15-55(64)56-16-2-8-23-65(56)77)76-73(43-51)80-69-27-12-6-20-60(69)62-41-49(33-39-71(62)80)47-30-36-53(37-31-47)78-66-24-9-3-17-57(66)58-18-4-10-25-67(58)78/h1-43H. The lowest BCUT2D eigenvalue weighted by Gasteiger charge is -2.15. The summed E-state index contributed by atoms with van der Waals surface area (Å²) in [6, 6.07) is 96.8. The highest BCUT2D eigenvalue weighted by Gasteiger charge is 2.22. The van der Waals surface area contributed by atoms with E-state index in [1.54, 1.807) is 6.07 Å². The quantitative estimate of drug-likeness (QED) is 0.160. The molecule has 7 nitrogen and oxygen atoms in total. The highest BCUT2D eigenvalue weighted by molar-refractivity contribution is 6.13. The van der Waals surface area contributed by atoms with Crippen LogP contribution in [0.5, 0.6) is 0 Å². The largest absolute Gasteiger partial charge is 0.309 e. The van der Waals surface area contributed by atoms with Crippen molar-refractivity contribution in [1.82, 2.24) is 23.3 Å². The molecule has 0 atom stereocenters. The van der Waals surface area contributed by atoms with E-state index in [-0.39, 0.29) is 0 Å². The monoisotopic (exact) mass is 1020 g/mol. The van der Waals surface area contributed by atoms with Gasteiger partial charge in [-0.2, -0.15) is 10.5 Å². The van der Waals surface area contributed by atoms with Gasteiger partial charge in [0.15, 0.2) is 0 Å². The molecule has 0 spiro atoms. The molecule has 0 N–H and O–H groups in total. The minimum absolute atomic E-state index is 0.324. The number of nitriles is 2. The van der Waals surface area contributed by atoms with Gasteiger partial charge in [-0.05, 0) is 131 Å². The van der Waals surface area contributed by atoms with E-state index in [9.17, 15) is 10.5 Å². The van der Waals surface area contributed by atoms with Crippen molar-refractivity contribution in [2.24, 2.45) is 0 Å². The van der Waals surface area contributed by atoms with Gasteiger partial charge in [0.05, 0.1) is 55.3 Å². The fraction of sp³-hybridized carbons (Fsp3) is 0. The molecule has 7 heteroatoms. The van der Waals surface area contributed by atoms with E-state index in [1.807, 2.05) is 12.1 Å². The van der Waals surface area contributed by atoms with Gasteiger partial charge in [0.2, 0.25) is 0 Å². The minimum atomic E-state index is 0.324. The molecule has 0 saturated carbocycles. The van der Waals surface area contributed by atoms with Gasteiger partial charge >= 0.3 is 0 Å². The Morgan fingerprint density at radius 1 is 0.263 bits per heavy atom. The lowest BCUT2D eigenvalue weighted by molar-refractivity contribution is 1.01. The first-order valence-corrected chi connectivity index (χ1v) is 26.8. The zero-order valence-corrected chi connectivity index (χ0v) is 43.0. The number of hydrogen-bond donors (Lipinski definition) is 0. The molecule has 16 rings (SSSR count). The zero-order chi connectivity index (χ0) is 53.0. The Hall–Kier alpha value is -11.3. The predicted molar refractivity (Wildman–Crippen MR) is 327 cm³/mol. The summed E-state index contributed by atoms with van der Waals surface area (Å²) >= 11 is 0. The fourth-order valence-electron chi connectivity index (χ4n) is 12.7. The Labute approximate surface area is 459 Å². The Kier molecular flexibility index (Phi) is 9.93. The molecule has 0 fully saturated rings. The van der Waals surface area contributed by atoms with E-state index in [2.05, 4.69) is 273 Å². The average molecular weight is 1020 g/mol. The van der Waals surface area contributed by atoms with Crippen LogP contribution in [0.1, 0.15) is 11.1 Å². The van der Waals surface area contributed by atoms with Gasteiger partial charge in [-0.1, -0.05) is 158 Å². The molecule has 0 aliphatic heterocycles. The summed E-state index contributed by atoms with van der Waals surface area (Å²) in [5.41, 5.74) is 17.4. The summed E-state index contributed by atoms with van der Waals surface area (Å²) in [6.45, 7) is 0. The number of fused-ring (bicyclic) bond motifs is 12. The molecule has 5 heterocycles. The maximum atomic E-state index is 10.7. The molecule has 0 aliphatic rings. The number of hydrogen-bond acceptors (Lipinski definition) is 3. The number of aromatic nitrogens is 5. The van der Waals surface area contributed by atoms with E-state index in [1.165, 1.54) is 43.6 Å². The summed E-state index contributed by atoms with van der Waals surface area (Å²) in [6.07, 6.45) is 0. The Balaban J connectivity index is 0.842. The molecule has 80 heavy (non-hydrogen) atoms. The summed E-state index contributed by atoms with van der Waals surface area (Å²) in [5.74, 6) is 1.37. The molecule has 0 bridgehead atoms. The molecule has 0 radical (unpaired) electrons. The Morgan fingerprint density at radius 2 is 0.600 bits per heavy atom. The van der Waals surface area contributed by atoms with Crippen LogP contribution in [0.4, 0.5) is 0 Å². The van der Waals surface area contributed by atoms with Gasteiger partial charge in [0.25, 0.3) is 0 Å². The second-order valence-corrected chi connectivity index (χ2v) is 20.5. The van der Waals surface area contributed by atoms with Crippen molar-refractivity contribution in [3.8, 4) is 68.5 Å². The molecular formula is C73H43N7.